The van der Waals surface area contributed by atoms with Crippen LogP contribution in [-0.2, 0) is 14.8 Å². The van der Waals surface area contributed by atoms with E-state index >= 15 is 0 Å². The van der Waals surface area contributed by atoms with Crippen molar-refractivity contribution in [2.24, 2.45) is 0 Å². The largest absolute Gasteiger partial charge is 0.481 e. The number of anilines is 1. The minimum absolute atomic E-state index is 0.0889. The van der Waals surface area contributed by atoms with Gasteiger partial charge in [0.25, 0.3) is 10.0 Å². The summed E-state index contributed by atoms with van der Waals surface area (Å²) in [7, 11) is -4.10. The zero-order valence-corrected chi connectivity index (χ0v) is 19.9. The number of halogens is 2. The number of sulfonamides is 1. The van der Waals surface area contributed by atoms with E-state index in [1.165, 1.54) is 23.8 Å². The molecule has 3 aromatic rings. The van der Waals surface area contributed by atoms with Crippen molar-refractivity contribution in [1.82, 2.24) is 4.98 Å². The van der Waals surface area contributed by atoms with E-state index in [-0.39, 0.29) is 33.0 Å². The van der Waals surface area contributed by atoms with Gasteiger partial charge in [-0.05, 0) is 29.7 Å². The minimum Gasteiger partial charge on any atom is -0.481 e. The molecule has 0 fully saturated rings. The van der Waals surface area contributed by atoms with Crippen molar-refractivity contribution in [1.29, 1.82) is 0 Å². The third-order valence-corrected chi connectivity index (χ3v) is 8.09. The summed E-state index contributed by atoms with van der Waals surface area (Å²) in [5, 5.41) is 11.3. The maximum atomic E-state index is 13.3. The van der Waals surface area contributed by atoms with E-state index in [1.807, 2.05) is 24.3 Å². The summed E-state index contributed by atoms with van der Waals surface area (Å²) >= 11 is 13.0. The highest BCUT2D eigenvalue weighted by Crippen LogP contribution is 2.33. The molecule has 10 heteroatoms. The second kappa shape index (κ2) is 9.56. The van der Waals surface area contributed by atoms with Gasteiger partial charge in [0.15, 0.2) is 5.13 Å². The first kappa shape index (κ1) is 23.5. The smallest absolute Gasteiger partial charge is 0.305 e. The lowest BCUT2D eigenvalue weighted by Gasteiger charge is -2.21. The highest BCUT2D eigenvalue weighted by Gasteiger charge is 2.28. The van der Waals surface area contributed by atoms with E-state index in [1.54, 1.807) is 5.38 Å². The van der Waals surface area contributed by atoms with Crippen LogP contribution in [0, 0.1) is 0 Å². The normalized spacial score (nSPS) is 11.6. The molecule has 1 N–H and O–H groups in total. The number of hydrogen-bond acceptors (Lipinski definition) is 5. The number of hydrogen-bond donors (Lipinski definition) is 1. The number of carboxylic acids is 1. The molecule has 0 atom stereocenters. The Labute approximate surface area is 195 Å². The molecule has 0 amide bonds. The molecule has 6 nitrogen and oxygen atoms in total. The molecule has 0 spiro atoms. The van der Waals surface area contributed by atoms with Gasteiger partial charge in [0.1, 0.15) is 0 Å². The van der Waals surface area contributed by atoms with Gasteiger partial charge in [0.05, 0.1) is 27.1 Å². The van der Waals surface area contributed by atoms with Crippen molar-refractivity contribution < 1.29 is 18.3 Å². The molecule has 0 aliphatic carbocycles. The number of nitrogens with zero attached hydrogens (tertiary/aromatic N) is 2. The fraction of sp³-hybridized carbons (Fsp3) is 0.238. The van der Waals surface area contributed by atoms with Gasteiger partial charge in [-0.1, -0.05) is 61.3 Å². The molecular weight excluding hydrogens is 479 g/mol. The fourth-order valence-electron chi connectivity index (χ4n) is 2.83. The molecule has 0 aliphatic heterocycles. The summed E-state index contributed by atoms with van der Waals surface area (Å²) < 4.78 is 27.5. The first-order valence-electron chi connectivity index (χ1n) is 9.35. The van der Waals surface area contributed by atoms with Crippen LogP contribution >= 0.6 is 34.5 Å². The summed E-state index contributed by atoms with van der Waals surface area (Å²) in [6.07, 6.45) is -0.376. The number of benzene rings is 2. The fourth-order valence-corrected chi connectivity index (χ4v) is 5.72. The van der Waals surface area contributed by atoms with E-state index in [2.05, 4.69) is 18.8 Å². The molecule has 2 aromatic carbocycles. The van der Waals surface area contributed by atoms with Crippen LogP contribution in [0.4, 0.5) is 5.13 Å². The Hall–Kier alpha value is -2.13. The maximum Gasteiger partial charge on any atom is 0.305 e. The standard InChI is InChI=1S/C21H20Cl2N2O4S2/c1-13(2)14-3-5-15(6-4-14)19-12-30-21(24-19)25(10-9-20(26)27)31(28,29)16-7-8-17(22)18(23)11-16/h3-8,11-13H,9-10H2,1-2H3,(H,26,27). The van der Waals surface area contributed by atoms with Gasteiger partial charge in [-0.25, -0.2) is 17.7 Å². The van der Waals surface area contributed by atoms with Gasteiger partial charge in [-0.2, -0.15) is 0 Å². The Morgan fingerprint density at radius 2 is 1.81 bits per heavy atom. The van der Waals surface area contributed by atoms with Crippen LogP contribution in [0.2, 0.25) is 10.0 Å². The molecule has 1 heterocycles. The summed E-state index contributed by atoms with van der Waals surface area (Å²) in [5.41, 5.74) is 2.64. The third-order valence-electron chi connectivity index (χ3n) is 4.59. The Balaban J connectivity index is 1.99. The zero-order valence-electron chi connectivity index (χ0n) is 16.7. The number of carbonyl (C=O) groups is 1. The average molecular weight is 499 g/mol. The predicted octanol–water partition coefficient (Wildman–Crippen LogP) is 5.91. The molecule has 0 aliphatic rings. The van der Waals surface area contributed by atoms with Crippen molar-refractivity contribution >= 4 is 55.7 Å². The Kier molecular flexibility index (Phi) is 7.26. The number of rotatable bonds is 8. The van der Waals surface area contributed by atoms with E-state index in [0.29, 0.717) is 11.6 Å². The summed E-state index contributed by atoms with van der Waals surface area (Å²) in [5.74, 6) is -0.724. The number of aliphatic carboxylic acids is 1. The van der Waals surface area contributed by atoms with E-state index in [4.69, 9.17) is 28.3 Å². The topological polar surface area (TPSA) is 87.6 Å². The monoisotopic (exact) mass is 498 g/mol. The lowest BCUT2D eigenvalue weighted by molar-refractivity contribution is -0.136. The zero-order chi connectivity index (χ0) is 22.8. The molecule has 0 bridgehead atoms. The van der Waals surface area contributed by atoms with Crippen molar-refractivity contribution in [2.75, 3.05) is 10.8 Å². The first-order chi connectivity index (χ1) is 14.6. The Morgan fingerprint density at radius 1 is 1.13 bits per heavy atom. The summed E-state index contributed by atoms with van der Waals surface area (Å²) in [6, 6.07) is 11.8. The minimum atomic E-state index is -4.10. The molecule has 164 valence electrons. The highest BCUT2D eigenvalue weighted by molar-refractivity contribution is 7.93. The summed E-state index contributed by atoms with van der Waals surface area (Å²) in [6.45, 7) is 3.94. The van der Waals surface area contributed by atoms with Crippen LogP contribution < -0.4 is 4.31 Å². The molecular formula is C21H20Cl2N2O4S2. The van der Waals surface area contributed by atoms with Crippen molar-refractivity contribution in [3.63, 3.8) is 0 Å². The molecule has 3 rings (SSSR count). The Morgan fingerprint density at radius 3 is 2.39 bits per heavy atom. The van der Waals surface area contributed by atoms with Crippen molar-refractivity contribution in [3.8, 4) is 11.3 Å². The number of carboxylic acid groups (broad SMARTS) is 1. The molecule has 0 saturated carbocycles. The van der Waals surface area contributed by atoms with Crippen LogP contribution in [0.1, 0.15) is 31.7 Å². The second-order valence-corrected chi connectivity index (χ2v) is 10.6. The quantitative estimate of drug-likeness (QED) is 0.416. The number of aromatic nitrogens is 1. The Bertz CT molecular complexity index is 1190. The van der Waals surface area contributed by atoms with Crippen LogP contribution in [0.15, 0.2) is 52.7 Å². The highest BCUT2D eigenvalue weighted by atomic mass is 35.5. The maximum absolute atomic E-state index is 13.3. The van der Waals surface area contributed by atoms with Crippen LogP contribution in [-0.4, -0.2) is 31.0 Å². The molecule has 31 heavy (non-hydrogen) atoms. The molecule has 1 aromatic heterocycles. The SMILES string of the molecule is CC(C)c1ccc(-c2csc(N(CCC(=O)O)S(=O)(=O)c3ccc(Cl)c(Cl)c3)n2)cc1. The van der Waals surface area contributed by atoms with Gasteiger partial charge in [0.2, 0.25) is 0 Å². The van der Waals surface area contributed by atoms with Crippen LogP contribution in [0.3, 0.4) is 0 Å². The van der Waals surface area contributed by atoms with Gasteiger partial charge in [-0.3, -0.25) is 4.79 Å². The van der Waals surface area contributed by atoms with E-state index in [0.717, 1.165) is 21.2 Å². The van der Waals surface area contributed by atoms with Crippen LogP contribution in [0.5, 0.6) is 0 Å². The molecule has 0 radical (unpaired) electrons. The second-order valence-electron chi connectivity index (χ2n) is 7.09. The first-order valence-corrected chi connectivity index (χ1v) is 12.4. The van der Waals surface area contributed by atoms with Gasteiger partial charge in [-0.15, -0.1) is 11.3 Å². The van der Waals surface area contributed by atoms with Gasteiger partial charge >= 0.3 is 5.97 Å². The van der Waals surface area contributed by atoms with Crippen LogP contribution in [0.25, 0.3) is 11.3 Å². The van der Waals surface area contributed by atoms with Gasteiger partial charge < -0.3 is 5.11 Å². The van der Waals surface area contributed by atoms with E-state index in [9.17, 15) is 13.2 Å². The van der Waals surface area contributed by atoms with Crippen molar-refractivity contribution in [3.05, 3.63) is 63.5 Å². The predicted molar refractivity (Wildman–Crippen MR) is 125 cm³/mol. The van der Waals surface area contributed by atoms with E-state index < -0.39 is 16.0 Å². The molecule has 0 saturated heterocycles. The number of thiazole rings is 1. The third kappa shape index (κ3) is 5.38. The lowest BCUT2D eigenvalue weighted by Crippen LogP contribution is -2.33. The van der Waals surface area contributed by atoms with Gasteiger partial charge in [0, 0.05) is 17.5 Å². The lowest BCUT2D eigenvalue weighted by atomic mass is 10.0. The van der Waals surface area contributed by atoms with Crippen molar-refractivity contribution in [2.45, 2.75) is 31.1 Å². The summed E-state index contributed by atoms with van der Waals surface area (Å²) in [4.78, 5) is 15.5. The average Bonchev–Trinajstić information content (AvgIpc) is 3.19. The molecule has 0 unspecified atom stereocenters.